The van der Waals surface area contributed by atoms with Crippen molar-refractivity contribution < 1.29 is 9.90 Å². The Bertz CT molecular complexity index is 1020. The molecule has 1 amide bonds. The zero-order chi connectivity index (χ0) is 19.1. The first-order valence-corrected chi connectivity index (χ1v) is 9.78. The summed E-state index contributed by atoms with van der Waals surface area (Å²) in [7, 11) is 1.56. The maximum absolute atomic E-state index is 12.7. The number of likely N-dealkylation sites (tertiary alicyclic amines) is 1. The number of thioether (sulfide) groups is 1. The lowest BCUT2D eigenvalue weighted by atomic mass is 9.83. The molecular formula is C18H20N4O4S. The first-order valence-electron chi connectivity index (χ1n) is 8.79. The molecule has 4 heterocycles. The van der Waals surface area contributed by atoms with Crippen LogP contribution in [0.5, 0.6) is 5.88 Å². The van der Waals surface area contributed by atoms with Gasteiger partial charge in [-0.3, -0.25) is 19.0 Å². The van der Waals surface area contributed by atoms with Crippen molar-refractivity contribution in [1.29, 1.82) is 0 Å². The summed E-state index contributed by atoms with van der Waals surface area (Å²) >= 11 is 1.14. The number of hydrogen-bond donors (Lipinski definition) is 1. The molecule has 4 rings (SSSR count). The van der Waals surface area contributed by atoms with E-state index in [0.717, 1.165) is 29.9 Å². The summed E-state index contributed by atoms with van der Waals surface area (Å²) in [5.74, 6) is 0.212. The van der Waals surface area contributed by atoms with Gasteiger partial charge in [0.1, 0.15) is 0 Å². The number of aromatic nitrogens is 3. The molecule has 0 aromatic carbocycles. The minimum Gasteiger partial charge on any atom is -0.493 e. The van der Waals surface area contributed by atoms with Crippen molar-refractivity contribution in [2.45, 2.75) is 24.0 Å². The number of piperidine rings is 1. The number of rotatable bonds is 3. The SMILES string of the molecule is Cn1c(SCC(=O)N2C[C@H]3C[C@H](C2)c2cccc(=O)n2C3)nc(O)cc1=O. The molecule has 0 aliphatic carbocycles. The summed E-state index contributed by atoms with van der Waals surface area (Å²) in [6.07, 6.45) is 0.989. The molecule has 2 bridgehead atoms. The first-order chi connectivity index (χ1) is 12.9. The van der Waals surface area contributed by atoms with Gasteiger partial charge in [0.05, 0.1) is 11.8 Å². The minimum absolute atomic E-state index is 0.0217. The third kappa shape index (κ3) is 3.39. The smallest absolute Gasteiger partial charge is 0.257 e. The van der Waals surface area contributed by atoms with E-state index >= 15 is 0 Å². The lowest BCUT2D eigenvalue weighted by Crippen LogP contribution is -2.49. The van der Waals surface area contributed by atoms with Crippen LogP contribution in [-0.4, -0.2) is 48.9 Å². The fourth-order valence-corrected chi connectivity index (χ4v) is 4.83. The second kappa shape index (κ2) is 6.88. The van der Waals surface area contributed by atoms with Crippen LogP contribution in [0.1, 0.15) is 18.0 Å². The van der Waals surface area contributed by atoms with Crippen LogP contribution in [-0.2, 0) is 18.4 Å². The quantitative estimate of drug-likeness (QED) is 0.603. The lowest BCUT2D eigenvalue weighted by Gasteiger charge is -2.42. The molecule has 2 aromatic rings. The van der Waals surface area contributed by atoms with Crippen LogP contribution in [0.25, 0.3) is 0 Å². The maximum Gasteiger partial charge on any atom is 0.257 e. The predicted molar refractivity (Wildman–Crippen MR) is 100.0 cm³/mol. The first kappa shape index (κ1) is 17.8. The third-order valence-electron chi connectivity index (χ3n) is 5.24. The molecular weight excluding hydrogens is 368 g/mol. The van der Waals surface area contributed by atoms with Crippen molar-refractivity contribution in [3.05, 3.63) is 50.7 Å². The van der Waals surface area contributed by atoms with Crippen LogP contribution >= 0.6 is 11.8 Å². The molecule has 9 heteroatoms. The molecule has 0 spiro atoms. The second-order valence-electron chi connectivity index (χ2n) is 7.08. The van der Waals surface area contributed by atoms with E-state index in [1.54, 1.807) is 19.2 Å². The summed E-state index contributed by atoms with van der Waals surface area (Å²) in [5, 5.41) is 9.80. The van der Waals surface area contributed by atoms with Gasteiger partial charge < -0.3 is 14.6 Å². The zero-order valence-corrected chi connectivity index (χ0v) is 15.7. The number of carbonyl (C=O) groups is 1. The highest BCUT2D eigenvalue weighted by atomic mass is 32.2. The van der Waals surface area contributed by atoms with E-state index in [1.807, 2.05) is 15.5 Å². The highest BCUT2D eigenvalue weighted by molar-refractivity contribution is 7.99. The van der Waals surface area contributed by atoms with Crippen LogP contribution < -0.4 is 11.1 Å². The predicted octanol–water partition coefficient (Wildman–Crippen LogP) is 0.386. The number of carbonyl (C=O) groups excluding carboxylic acids is 1. The van der Waals surface area contributed by atoms with Crippen molar-refractivity contribution >= 4 is 17.7 Å². The Hall–Kier alpha value is -2.55. The molecule has 0 unspecified atom stereocenters. The molecule has 2 aliphatic rings. The van der Waals surface area contributed by atoms with Crippen LogP contribution in [0.4, 0.5) is 0 Å². The second-order valence-corrected chi connectivity index (χ2v) is 8.02. The van der Waals surface area contributed by atoms with Crippen LogP contribution in [0.3, 0.4) is 0 Å². The standard InChI is InChI=1S/C18H20N4O4S/c1-20-16(25)6-14(23)19-18(20)27-10-17(26)21-7-11-5-12(9-21)13-3-2-4-15(24)22(13)8-11/h2-4,6,11-12,23H,5,7-10H2,1H3/t11-,12-/m1/s1. The van der Waals surface area contributed by atoms with Crippen molar-refractivity contribution in [3.63, 3.8) is 0 Å². The molecule has 1 fully saturated rings. The van der Waals surface area contributed by atoms with E-state index in [4.69, 9.17) is 0 Å². The number of fused-ring (bicyclic) bond motifs is 4. The monoisotopic (exact) mass is 388 g/mol. The summed E-state index contributed by atoms with van der Waals surface area (Å²) in [6.45, 7) is 1.86. The summed E-state index contributed by atoms with van der Waals surface area (Å²) in [4.78, 5) is 42.3. The normalized spacial score (nSPS) is 21.0. The van der Waals surface area contributed by atoms with Gasteiger partial charge in [0.25, 0.3) is 11.1 Å². The molecule has 1 saturated heterocycles. The average molecular weight is 388 g/mol. The molecule has 2 aliphatic heterocycles. The van der Waals surface area contributed by atoms with E-state index in [2.05, 4.69) is 4.98 Å². The third-order valence-corrected chi connectivity index (χ3v) is 6.25. The Balaban J connectivity index is 1.47. The molecule has 8 nitrogen and oxygen atoms in total. The van der Waals surface area contributed by atoms with Crippen LogP contribution in [0, 0.1) is 5.92 Å². The van der Waals surface area contributed by atoms with E-state index < -0.39 is 0 Å². The molecule has 1 N–H and O–H groups in total. The number of aromatic hydroxyl groups is 1. The van der Waals surface area contributed by atoms with Crippen LogP contribution in [0.2, 0.25) is 0 Å². The largest absolute Gasteiger partial charge is 0.493 e. The summed E-state index contributed by atoms with van der Waals surface area (Å²) < 4.78 is 3.15. The Labute approximate surface area is 159 Å². The summed E-state index contributed by atoms with van der Waals surface area (Å²) in [5.41, 5.74) is 0.654. The van der Waals surface area contributed by atoms with E-state index in [0.29, 0.717) is 24.8 Å². The Kier molecular flexibility index (Phi) is 4.55. The van der Waals surface area contributed by atoms with E-state index in [1.165, 1.54) is 4.57 Å². The van der Waals surface area contributed by atoms with Gasteiger partial charge in [0, 0.05) is 44.4 Å². The molecule has 2 aromatic heterocycles. The van der Waals surface area contributed by atoms with Crippen molar-refractivity contribution in [3.8, 4) is 5.88 Å². The lowest BCUT2D eigenvalue weighted by molar-refractivity contribution is -0.131. The van der Waals surface area contributed by atoms with Crippen molar-refractivity contribution in [1.82, 2.24) is 19.0 Å². The molecule has 27 heavy (non-hydrogen) atoms. The molecule has 0 radical (unpaired) electrons. The molecule has 2 atom stereocenters. The number of hydrogen-bond acceptors (Lipinski definition) is 6. The van der Waals surface area contributed by atoms with E-state index in [-0.39, 0.29) is 40.5 Å². The molecule has 0 saturated carbocycles. The van der Waals surface area contributed by atoms with Gasteiger partial charge in [-0.1, -0.05) is 17.8 Å². The molecule has 142 valence electrons. The van der Waals surface area contributed by atoms with Gasteiger partial charge in [0.2, 0.25) is 11.8 Å². The minimum atomic E-state index is -0.369. The zero-order valence-electron chi connectivity index (χ0n) is 14.9. The van der Waals surface area contributed by atoms with Gasteiger partial charge in [-0.05, 0) is 18.4 Å². The highest BCUT2D eigenvalue weighted by Crippen LogP contribution is 2.35. The maximum atomic E-state index is 12.7. The fraction of sp³-hybridized carbons (Fsp3) is 0.444. The van der Waals surface area contributed by atoms with Gasteiger partial charge in [0.15, 0.2) is 5.16 Å². The van der Waals surface area contributed by atoms with Crippen molar-refractivity contribution in [2.75, 3.05) is 18.8 Å². The van der Waals surface area contributed by atoms with Crippen molar-refractivity contribution in [2.24, 2.45) is 13.0 Å². The Morgan fingerprint density at radius 1 is 1.26 bits per heavy atom. The Morgan fingerprint density at radius 3 is 2.89 bits per heavy atom. The average Bonchev–Trinajstić information content (AvgIpc) is 2.64. The Morgan fingerprint density at radius 2 is 2.07 bits per heavy atom. The van der Waals surface area contributed by atoms with Crippen LogP contribution in [0.15, 0.2) is 39.0 Å². The summed E-state index contributed by atoms with van der Waals surface area (Å²) in [6, 6.07) is 6.37. The number of nitrogens with zero attached hydrogens (tertiary/aromatic N) is 4. The van der Waals surface area contributed by atoms with E-state index in [9.17, 15) is 19.5 Å². The number of amides is 1. The van der Waals surface area contributed by atoms with Gasteiger partial charge in [-0.15, -0.1) is 0 Å². The topological polar surface area (TPSA) is 97.4 Å². The van der Waals surface area contributed by atoms with Gasteiger partial charge in [-0.25, -0.2) is 0 Å². The highest BCUT2D eigenvalue weighted by Gasteiger charge is 2.36. The van der Waals surface area contributed by atoms with Gasteiger partial charge in [-0.2, -0.15) is 4.98 Å². The fourth-order valence-electron chi connectivity index (χ4n) is 3.95. The van der Waals surface area contributed by atoms with Gasteiger partial charge >= 0.3 is 0 Å². The number of pyridine rings is 1.